The molecule has 9 heteroatoms. The number of sulfonamides is 1. The van der Waals surface area contributed by atoms with Crippen molar-refractivity contribution >= 4 is 59.2 Å². The van der Waals surface area contributed by atoms with Crippen molar-refractivity contribution < 1.29 is 13.2 Å². The van der Waals surface area contributed by atoms with E-state index in [-0.39, 0.29) is 16.8 Å². The molecular formula is C25H25Br2N3O3S. The molecule has 1 saturated heterocycles. The molecule has 1 aliphatic heterocycles. The molecule has 0 spiro atoms. The zero-order chi connectivity index (χ0) is 24.3. The van der Waals surface area contributed by atoms with Gasteiger partial charge in [0.25, 0.3) is 15.9 Å². The molecule has 0 unspecified atom stereocenters. The van der Waals surface area contributed by atoms with Crippen LogP contribution in [0.25, 0.3) is 0 Å². The Morgan fingerprint density at radius 3 is 2.35 bits per heavy atom. The average molecular weight is 607 g/mol. The standard InChI is InChI=1S/C25H25Br2N3O3S/c1-29(22-8-3-2-4-9-22)34(32,33)24-16-18(10-11-23(24)27)25(31)30-14-12-20(13-15-30)28-21-7-5-6-19(26)17-21/h2-11,16-17,20,28H,12-15H2,1H3. The summed E-state index contributed by atoms with van der Waals surface area (Å²) in [7, 11) is -2.35. The van der Waals surface area contributed by atoms with Gasteiger partial charge in [0.1, 0.15) is 4.90 Å². The van der Waals surface area contributed by atoms with Crippen molar-refractivity contribution in [3.8, 4) is 0 Å². The molecule has 1 heterocycles. The lowest BCUT2D eigenvalue weighted by Crippen LogP contribution is -2.42. The number of amides is 1. The van der Waals surface area contributed by atoms with Crippen LogP contribution >= 0.6 is 31.9 Å². The SMILES string of the molecule is CN(c1ccccc1)S(=O)(=O)c1cc(C(=O)N2CCC(Nc3cccc(Br)c3)CC2)ccc1Br. The molecule has 6 nitrogen and oxygen atoms in total. The quantitative estimate of drug-likeness (QED) is 0.388. The van der Waals surface area contributed by atoms with Gasteiger partial charge in [0.15, 0.2) is 0 Å². The lowest BCUT2D eigenvalue weighted by molar-refractivity contribution is 0.0718. The van der Waals surface area contributed by atoms with Crippen molar-refractivity contribution in [3.05, 3.63) is 87.3 Å². The molecule has 0 atom stereocenters. The molecule has 1 N–H and O–H groups in total. The first-order chi connectivity index (χ1) is 16.3. The van der Waals surface area contributed by atoms with E-state index in [1.165, 1.54) is 17.4 Å². The number of hydrogen-bond donors (Lipinski definition) is 1. The molecule has 1 fully saturated rings. The molecule has 0 radical (unpaired) electrons. The molecule has 178 valence electrons. The first kappa shape index (κ1) is 24.8. The van der Waals surface area contributed by atoms with E-state index in [0.29, 0.717) is 28.8 Å². The Morgan fingerprint density at radius 1 is 0.971 bits per heavy atom. The van der Waals surface area contributed by atoms with E-state index in [2.05, 4.69) is 37.2 Å². The third-order valence-corrected chi connectivity index (χ3v) is 9.19. The van der Waals surface area contributed by atoms with Gasteiger partial charge in [-0.2, -0.15) is 0 Å². The van der Waals surface area contributed by atoms with Gasteiger partial charge < -0.3 is 10.2 Å². The molecule has 1 amide bonds. The summed E-state index contributed by atoms with van der Waals surface area (Å²) in [5.74, 6) is -0.160. The number of para-hydroxylation sites is 1. The van der Waals surface area contributed by atoms with E-state index < -0.39 is 10.0 Å². The summed E-state index contributed by atoms with van der Waals surface area (Å²) in [6, 6.07) is 21.9. The highest BCUT2D eigenvalue weighted by Crippen LogP contribution is 2.29. The highest BCUT2D eigenvalue weighted by atomic mass is 79.9. The van der Waals surface area contributed by atoms with Crippen LogP contribution < -0.4 is 9.62 Å². The maximum atomic E-state index is 13.3. The molecular weight excluding hydrogens is 582 g/mol. The van der Waals surface area contributed by atoms with Gasteiger partial charge in [-0.15, -0.1) is 0 Å². The van der Waals surface area contributed by atoms with Gasteiger partial charge in [-0.1, -0.05) is 40.2 Å². The van der Waals surface area contributed by atoms with E-state index >= 15 is 0 Å². The topological polar surface area (TPSA) is 69.7 Å². The summed E-state index contributed by atoms with van der Waals surface area (Å²) in [6.07, 6.45) is 1.63. The smallest absolute Gasteiger partial charge is 0.265 e. The highest BCUT2D eigenvalue weighted by Gasteiger charge is 2.28. The zero-order valence-electron chi connectivity index (χ0n) is 18.6. The zero-order valence-corrected chi connectivity index (χ0v) is 22.6. The van der Waals surface area contributed by atoms with Gasteiger partial charge >= 0.3 is 0 Å². The van der Waals surface area contributed by atoms with Crippen LogP contribution in [0.3, 0.4) is 0 Å². The minimum absolute atomic E-state index is 0.0657. The predicted octanol–water partition coefficient (Wildman–Crippen LogP) is 5.75. The minimum atomic E-state index is -3.85. The first-order valence-corrected chi connectivity index (χ1v) is 13.9. The number of carbonyl (C=O) groups is 1. The number of piperidine rings is 1. The van der Waals surface area contributed by atoms with Crippen molar-refractivity contribution in [1.82, 2.24) is 4.90 Å². The van der Waals surface area contributed by atoms with Crippen LogP contribution in [-0.2, 0) is 10.0 Å². The van der Waals surface area contributed by atoms with Crippen molar-refractivity contribution in [2.75, 3.05) is 29.8 Å². The van der Waals surface area contributed by atoms with Crippen LogP contribution in [0.15, 0.2) is 86.6 Å². The fourth-order valence-electron chi connectivity index (χ4n) is 3.98. The number of halogens is 2. The third kappa shape index (κ3) is 5.47. The Morgan fingerprint density at radius 2 is 1.68 bits per heavy atom. The second kappa shape index (κ2) is 10.5. The summed E-state index contributed by atoms with van der Waals surface area (Å²) in [5.41, 5.74) is 1.96. The largest absolute Gasteiger partial charge is 0.382 e. The van der Waals surface area contributed by atoms with Gasteiger partial charge in [0.05, 0.1) is 5.69 Å². The monoisotopic (exact) mass is 605 g/mol. The lowest BCUT2D eigenvalue weighted by Gasteiger charge is -2.33. The number of rotatable bonds is 6. The van der Waals surface area contributed by atoms with Gasteiger partial charge in [-0.25, -0.2) is 8.42 Å². The predicted molar refractivity (Wildman–Crippen MR) is 143 cm³/mol. The molecule has 0 bridgehead atoms. The number of hydrogen-bond acceptors (Lipinski definition) is 4. The van der Waals surface area contributed by atoms with Crippen LogP contribution in [0, 0.1) is 0 Å². The van der Waals surface area contributed by atoms with E-state index in [4.69, 9.17) is 0 Å². The molecule has 4 rings (SSSR count). The van der Waals surface area contributed by atoms with E-state index in [9.17, 15) is 13.2 Å². The maximum absolute atomic E-state index is 13.3. The Balaban J connectivity index is 1.47. The van der Waals surface area contributed by atoms with Crippen molar-refractivity contribution in [2.45, 2.75) is 23.8 Å². The third-order valence-electron chi connectivity index (χ3n) is 5.91. The number of benzene rings is 3. The van der Waals surface area contributed by atoms with E-state index in [1.54, 1.807) is 41.3 Å². The minimum Gasteiger partial charge on any atom is -0.382 e. The number of nitrogens with zero attached hydrogens (tertiary/aromatic N) is 2. The Kier molecular flexibility index (Phi) is 7.64. The summed E-state index contributed by atoms with van der Waals surface area (Å²) >= 11 is 6.84. The number of likely N-dealkylation sites (tertiary alicyclic amines) is 1. The van der Waals surface area contributed by atoms with Gasteiger partial charge in [0, 0.05) is 46.4 Å². The summed E-state index contributed by atoms with van der Waals surface area (Å²) < 4.78 is 29.3. The molecule has 0 aromatic heterocycles. The molecule has 0 aliphatic carbocycles. The van der Waals surface area contributed by atoms with Crippen LogP contribution in [0.5, 0.6) is 0 Å². The second-order valence-corrected chi connectivity index (χ2v) is 11.9. The number of anilines is 2. The molecule has 34 heavy (non-hydrogen) atoms. The maximum Gasteiger partial charge on any atom is 0.265 e. The molecule has 3 aromatic rings. The Hall–Kier alpha value is -2.36. The van der Waals surface area contributed by atoms with Gasteiger partial charge in [-0.3, -0.25) is 9.10 Å². The number of nitrogens with one attached hydrogen (secondary N) is 1. The van der Waals surface area contributed by atoms with Crippen LogP contribution in [0.4, 0.5) is 11.4 Å². The first-order valence-electron chi connectivity index (χ1n) is 10.9. The van der Waals surface area contributed by atoms with Crippen molar-refractivity contribution in [2.24, 2.45) is 0 Å². The Bertz CT molecular complexity index is 1280. The van der Waals surface area contributed by atoms with Crippen molar-refractivity contribution in [3.63, 3.8) is 0 Å². The average Bonchev–Trinajstić information content (AvgIpc) is 2.84. The van der Waals surface area contributed by atoms with Crippen LogP contribution in [-0.4, -0.2) is 45.4 Å². The fourth-order valence-corrected chi connectivity index (χ4v) is 6.53. The summed E-state index contributed by atoms with van der Waals surface area (Å²) in [5, 5.41) is 3.53. The van der Waals surface area contributed by atoms with Gasteiger partial charge in [0.2, 0.25) is 0 Å². The van der Waals surface area contributed by atoms with E-state index in [0.717, 1.165) is 23.0 Å². The normalized spacial score (nSPS) is 14.6. The van der Waals surface area contributed by atoms with Gasteiger partial charge in [-0.05, 0) is 77.3 Å². The second-order valence-electron chi connectivity index (χ2n) is 8.17. The molecule has 3 aromatic carbocycles. The summed E-state index contributed by atoms with van der Waals surface area (Å²) in [6.45, 7) is 1.21. The highest BCUT2D eigenvalue weighted by molar-refractivity contribution is 9.10. The summed E-state index contributed by atoms with van der Waals surface area (Å²) in [4.78, 5) is 15.1. The fraction of sp³-hybridized carbons (Fsp3) is 0.240. The molecule has 0 saturated carbocycles. The van der Waals surface area contributed by atoms with Crippen LogP contribution in [0.1, 0.15) is 23.2 Å². The van der Waals surface area contributed by atoms with Crippen LogP contribution in [0.2, 0.25) is 0 Å². The van der Waals surface area contributed by atoms with E-state index in [1.807, 2.05) is 30.3 Å². The molecule has 1 aliphatic rings. The van der Waals surface area contributed by atoms with Crippen molar-refractivity contribution in [1.29, 1.82) is 0 Å². The Labute approximate surface area is 217 Å². The lowest BCUT2D eigenvalue weighted by atomic mass is 10.0. The number of carbonyl (C=O) groups excluding carboxylic acids is 1.